The standard InChI is InChI=1S/C27H33N11O/c1-15-13-37(14-16(2)29-15)22-11-18(9-10-28-22)24-20-12-19(7-8-21(20)31-32-24)30-25(39)23-17(3)36(6)26-33-34-35-38(26)27(23,4)5/h7-12,15-16,29H,13-14H2,1-6H3,(H,30,39)(H,31,32)/t15-,16+. The first kappa shape index (κ1) is 25.0. The summed E-state index contributed by atoms with van der Waals surface area (Å²) in [6, 6.07) is 10.6. The number of piperazine rings is 1. The molecule has 2 aliphatic heterocycles. The third kappa shape index (κ3) is 4.20. The summed E-state index contributed by atoms with van der Waals surface area (Å²) in [7, 11) is 1.86. The van der Waals surface area contributed by atoms with E-state index in [4.69, 9.17) is 0 Å². The lowest BCUT2D eigenvalue weighted by atomic mass is 9.89. The van der Waals surface area contributed by atoms with Gasteiger partial charge in [0.2, 0.25) is 5.95 Å². The molecule has 0 aliphatic carbocycles. The molecule has 0 spiro atoms. The number of H-pyrrole nitrogens is 1. The molecule has 2 aliphatic rings. The third-order valence-corrected chi connectivity index (χ3v) is 7.71. The molecule has 3 aromatic heterocycles. The zero-order chi connectivity index (χ0) is 27.5. The molecule has 6 rings (SSSR count). The number of hydrogen-bond acceptors (Lipinski definition) is 9. The van der Waals surface area contributed by atoms with E-state index in [0.29, 0.717) is 29.3 Å². The van der Waals surface area contributed by atoms with E-state index in [9.17, 15) is 4.79 Å². The maximum atomic E-state index is 13.7. The fourth-order valence-corrected chi connectivity index (χ4v) is 5.82. The summed E-state index contributed by atoms with van der Waals surface area (Å²) in [5, 5.41) is 27.4. The van der Waals surface area contributed by atoms with Gasteiger partial charge in [0.15, 0.2) is 0 Å². The van der Waals surface area contributed by atoms with Crippen LogP contribution in [0, 0.1) is 0 Å². The fraction of sp³-hybridized carbons (Fsp3) is 0.407. The number of amides is 1. The predicted molar refractivity (Wildman–Crippen MR) is 150 cm³/mol. The number of nitrogens with zero attached hydrogens (tertiary/aromatic N) is 8. The second-order valence-corrected chi connectivity index (χ2v) is 11.0. The van der Waals surface area contributed by atoms with Crippen molar-refractivity contribution in [2.75, 3.05) is 35.3 Å². The number of allylic oxidation sites excluding steroid dienone is 1. The lowest BCUT2D eigenvalue weighted by Gasteiger charge is -2.37. The van der Waals surface area contributed by atoms with Gasteiger partial charge < -0.3 is 20.4 Å². The summed E-state index contributed by atoms with van der Waals surface area (Å²) >= 11 is 0. The number of nitrogens with one attached hydrogen (secondary N) is 3. The first-order chi connectivity index (χ1) is 18.6. The topological polar surface area (TPSA) is 133 Å². The maximum absolute atomic E-state index is 13.7. The fourth-order valence-electron chi connectivity index (χ4n) is 5.82. The molecule has 0 saturated carbocycles. The summed E-state index contributed by atoms with van der Waals surface area (Å²) < 4.78 is 1.67. The minimum absolute atomic E-state index is 0.206. The van der Waals surface area contributed by atoms with Crippen LogP contribution < -0.4 is 20.4 Å². The second kappa shape index (κ2) is 9.16. The maximum Gasteiger partial charge on any atom is 0.255 e. The highest BCUT2D eigenvalue weighted by molar-refractivity contribution is 6.07. The average molecular weight is 528 g/mol. The Kier molecular flexibility index (Phi) is 5.87. The second-order valence-electron chi connectivity index (χ2n) is 11.0. The lowest BCUT2D eigenvalue weighted by molar-refractivity contribution is -0.113. The molecule has 4 aromatic rings. The zero-order valence-electron chi connectivity index (χ0n) is 23.0. The monoisotopic (exact) mass is 527 g/mol. The molecule has 5 heterocycles. The number of tetrazole rings is 1. The van der Waals surface area contributed by atoms with Crippen molar-refractivity contribution < 1.29 is 4.79 Å². The number of anilines is 3. The number of carbonyl (C=O) groups excluding carboxylic acids is 1. The number of aromatic nitrogens is 7. The molecule has 0 unspecified atom stereocenters. The van der Waals surface area contributed by atoms with Crippen LogP contribution in [0.3, 0.4) is 0 Å². The molecule has 1 saturated heterocycles. The van der Waals surface area contributed by atoms with E-state index in [1.54, 1.807) is 4.68 Å². The van der Waals surface area contributed by atoms with Gasteiger partial charge in [0.25, 0.3) is 5.91 Å². The van der Waals surface area contributed by atoms with Crippen LogP contribution in [-0.4, -0.2) is 73.5 Å². The molecule has 202 valence electrons. The molecule has 0 bridgehead atoms. The molecule has 1 amide bonds. The minimum Gasteiger partial charge on any atom is -0.354 e. The van der Waals surface area contributed by atoms with Crippen LogP contribution >= 0.6 is 0 Å². The normalized spacial score (nSPS) is 20.9. The Morgan fingerprint density at radius 2 is 1.90 bits per heavy atom. The van der Waals surface area contributed by atoms with E-state index in [0.717, 1.165) is 46.8 Å². The Hall–Kier alpha value is -4.32. The van der Waals surface area contributed by atoms with Gasteiger partial charge in [-0.1, -0.05) is 5.10 Å². The highest BCUT2D eigenvalue weighted by Crippen LogP contribution is 2.37. The number of fused-ring (bicyclic) bond motifs is 2. The molecule has 3 N–H and O–H groups in total. The molecule has 39 heavy (non-hydrogen) atoms. The molecule has 1 aromatic carbocycles. The van der Waals surface area contributed by atoms with E-state index >= 15 is 0 Å². The van der Waals surface area contributed by atoms with E-state index < -0.39 is 5.54 Å². The van der Waals surface area contributed by atoms with Crippen LogP contribution in [0.2, 0.25) is 0 Å². The largest absolute Gasteiger partial charge is 0.354 e. The number of rotatable bonds is 4. The van der Waals surface area contributed by atoms with Crippen molar-refractivity contribution in [3.63, 3.8) is 0 Å². The van der Waals surface area contributed by atoms with Gasteiger partial charge in [0.05, 0.1) is 16.6 Å². The van der Waals surface area contributed by atoms with Crippen LogP contribution in [0.25, 0.3) is 22.2 Å². The molecule has 12 nitrogen and oxygen atoms in total. The highest BCUT2D eigenvalue weighted by atomic mass is 16.1. The summed E-state index contributed by atoms with van der Waals surface area (Å²) in [5.74, 6) is 1.32. The number of aromatic amines is 1. The van der Waals surface area contributed by atoms with Crippen LogP contribution in [0.5, 0.6) is 0 Å². The van der Waals surface area contributed by atoms with Gasteiger partial charge in [-0.15, -0.1) is 0 Å². The molecule has 12 heteroatoms. The number of hydrogen-bond donors (Lipinski definition) is 3. The average Bonchev–Trinajstić information content (AvgIpc) is 3.55. The van der Waals surface area contributed by atoms with Gasteiger partial charge in [0.1, 0.15) is 11.5 Å². The van der Waals surface area contributed by atoms with Crippen LogP contribution in [0.1, 0.15) is 34.6 Å². The van der Waals surface area contributed by atoms with Gasteiger partial charge >= 0.3 is 0 Å². The number of benzene rings is 1. The van der Waals surface area contributed by atoms with Gasteiger partial charge in [0, 0.05) is 60.8 Å². The summed E-state index contributed by atoms with van der Waals surface area (Å²) in [6.07, 6.45) is 1.83. The first-order valence-electron chi connectivity index (χ1n) is 13.1. The molecular formula is C27H33N11O. The van der Waals surface area contributed by atoms with Crippen LogP contribution in [0.15, 0.2) is 47.8 Å². The lowest BCUT2D eigenvalue weighted by Crippen LogP contribution is -2.54. The van der Waals surface area contributed by atoms with E-state index in [1.807, 2.05) is 63.2 Å². The van der Waals surface area contributed by atoms with E-state index in [-0.39, 0.29) is 5.91 Å². The summed E-state index contributed by atoms with van der Waals surface area (Å²) in [4.78, 5) is 22.4. The van der Waals surface area contributed by atoms with Crippen LogP contribution in [-0.2, 0) is 10.3 Å². The number of carbonyl (C=O) groups is 1. The number of pyridine rings is 1. The van der Waals surface area contributed by atoms with Crippen molar-refractivity contribution in [2.24, 2.45) is 0 Å². The van der Waals surface area contributed by atoms with Gasteiger partial charge in [-0.3, -0.25) is 9.89 Å². The molecule has 0 radical (unpaired) electrons. The van der Waals surface area contributed by atoms with Crippen molar-refractivity contribution in [1.82, 2.24) is 40.7 Å². The van der Waals surface area contributed by atoms with Gasteiger partial charge in [-0.25, -0.2) is 9.67 Å². The quantitative estimate of drug-likeness (QED) is 0.366. The Bertz CT molecular complexity index is 1590. The molecule has 2 atom stereocenters. The van der Waals surface area contributed by atoms with Crippen molar-refractivity contribution in [1.29, 1.82) is 0 Å². The minimum atomic E-state index is -0.725. The Balaban J connectivity index is 1.31. The Morgan fingerprint density at radius 3 is 2.67 bits per heavy atom. The van der Waals surface area contributed by atoms with Gasteiger partial charge in [-0.2, -0.15) is 5.10 Å². The zero-order valence-corrected chi connectivity index (χ0v) is 23.0. The summed E-state index contributed by atoms with van der Waals surface area (Å²) in [5.41, 5.74) is 4.01. The smallest absolute Gasteiger partial charge is 0.255 e. The van der Waals surface area contributed by atoms with E-state index in [1.165, 1.54) is 0 Å². The third-order valence-electron chi connectivity index (χ3n) is 7.71. The van der Waals surface area contributed by atoms with Crippen molar-refractivity contribution in [3.05, 3.63) is 47.8 Å². The SMILES string of the molecule is CC1=C(C(=O)Nc2ccc3[nH]nc(-c4ccnc(N5C[C@@H](C)N[C@@H](C)C5)c4)c3c2)C(C)(C)n2nnnc2N1C. The van der Waals surface area contributed by atoms with Crippen molar-refractivity contribution in [2.45, 2.75) is 52.2 Å². The predicted octanol–water partition coefficient (Wildman–Crippen LogP) is 2.90. The molecular weight excluding hydrogens is 494 g/mol. The van der Waals surface area contributed by atoms with Gasteiger partial charge in [-0.05, 0) is 75.4 Å². The van der Waals surface area contributed by atoms with E-state index in [2.05, 4.69) is 66.2 Å². The highest BCUT2D eigenvalue weighted by Gasteiger charge is 2.41. The molecule has 1 fully saturated rings. The Morgan fingerprint density at radius 1 is 1.13 bits per heavy atom. The first-order valence-corrected chi connectivity index (χ1v) is 13.1. The summed E-state index contributed by atoms with van der Waals surface area (Å²) in [6.45, 7) is 12.0. The Labute approximate surface area is 226 Å². The van der Waals surface area contributed by atoms with Crippen molar-refractivity contribution in [3.8, 4) is 11.3 Å². The van der Waals surface area contributed by atoms with Crippen LogP contribution in [0.4, 0.5) is 17.5 Å². The van der Waals surface area contributed by atoms with Crippen molar-refractivity contribution >= 4 is 34.3 Å².